The molecule has 4 heterocycles. The first-order valence-corrected chi connectivity index (χ1v) is 13.7. The summed E-state index contributed by atoms with van der Waals surface area (Å²) in [7, 11) is 0. The summed E-state index contributed by atoms with van der Waals surface area (Å²) in [5.74, 6) is 1.38. The maximum absolute atomic E-state index is 11.4. The van der Waals surface area contributed by atoms with E-state index in [0.29, 0.717) is 54.1 Å². The van der Waals surface area contributed by atoms with Gasteiger partial charge >= 0.3 is 0 Å². The second-order valence-corrected chi connectivity index (χ2v) is 10.4. The Morgan fingerprint density at radius 3 is 2.67 bits per heavy atom. The summed E-state index contributed by atoms with van der Waals surface area (Å²) in [6, 6.07) is 14.4. The molecule has 0 radical (unpaired) electrons. The molecule has 3 saturated heterocycles. The number of piperazine rings is 1. The highest BCUT2D eigenvalue weighted by molar-refractivity contribution is 5.76. The maximum atomic E-state index is 11.4. The third-order valence-corrected chi connectivity index (χ3v) is 7.69. The number of nitrogens with zero attached hydrogens (tertiary/aromatic N) is 6. The Labute approximate surface area is 233 Å². The zero-order valence-electron chi connectivity index (χ0n) is 22.5. The van der Waals surface area contributed by atoms with Gasteiger partial charge in [-0.25, -0.2) is 9.97 Å². The van der Waals surface area contributed by atoms with E-state index in [0.717, 1.165) is 45.1 Å². The number of hydrogen-bond acceptors (Lipinski definition) is 10. The molecule has 1 atom stereocenters. The summed E-state index contributed by atoms with van der Waals surface area (Å²) >= 11 is 0. The van der Waals surface area contributed by atoms with Crippen molar-refractivity contribution in [3.05, 3.63) is 53.9 Å². The Kier molecular flexibility index (Phi) is 7.44. The summed E-state index contributed by atoms with van der Waals surface area (Å²) in [6.07, 6.45) is 2.33. The fraction of sp³-hybridized carbons (Fsp3) is 0.414. The largest absolute Gasteiger partial charge is 0.487 e. The summed E-state index contributed by atoms with van der Waals surface area (Å²) in [5.41, 5.74) is 4.40. The standard InChI is InChI=1S/C29H32N8O3/c1-19-12-22(3-5-25(19)37-10-8-36(9-11-37)23-16-39-17-23)34-29-33-18-32-28(35-29)20-2-6-26(21(13-20)14-30)40-24-4-7-27(38)31-15-24/h2-3,5-6,12-13,18,23-24H,4,7-11,15-17H2,1H3,(H,31,38)(H,32,33,34,35). The minimum absolute atomic E-state index is 0.0230. The Morgan fingerprint density at radius 1 is 1.12 bits per heavy atom. The lowest BCUT2D eigenvalue weighted by atomic mass is 10.1. The molecule has 6 rings (SSSR count). The van der Waals surface area contributed by atoms with Crippen LogP contribution in [0, 0.1) is 18.3 Å². The molecular weight excluding hydrogens is 508 g/mol. The summed E-state index contributed by atoms with van der Waals surface area (Å²) < 4.78 is 11.3. The molecule has 0 saturated carbocycles. The van der Waals surface area contributed by atoms with E-state index in [9.17, 15) is 10.1 Å². The van der Waals surface area contributed by atoms with Gasteiger partial charge in [0.25, 0.3) is 0 Å². The van der Waals surface area contributed by atoms with Gasteiger partial charge in [0.1, 0.15) is 24.3 Å². The average molecular weight is 541 g/mol. The van der Waals surface area contributed by atoms with Gasteiger partial charge in [-0.2, -0.15) is 10.2 Å². The Morgan fingerprint density at radius 2 is 1.98 bits per heavy atom. The molecule has 0 aliphatic carbocycles. The van der Waals surface area contributed by atoms with Gasteiger partial charge in [-0.1, -0.05) is 0 Å². The Hall–Kier alpha value is -4.27. The van der Waals surface area contributed by atoms with Crippen LogP contribution in [0.4, 0.5) is 17.3 Å². The molecule has 1 amide bonds. The van der Waals surface area contributed by atoms with Crippen molar-refractivity contribution in [3.8, 4) is 23.2 Å². The third kappa shape index (κ3) is 5.68. The smallest absolute Gasteiger partial charge is 0.230 e. The molecule has 1 unspecified atom stereocenters. The van der Waals surface area contributed by atoms with Crippen LogP contribution in [0.3, 0.4) is 0 Å². The van der Waals surface area contributed by atoms with Crippen LogP contribution in [0.1, 0.15) is 24.0 Å². The average Bonchev–Trinajstić information content (AvgIpc) is 2.94. The highest BCUT2D eigenvalue weighted by Crippen LogP contribution is 2.29. The number of amides is 1. The van der Waals surface area contributed by atoms with Crippen LogP contribution >= 0.6 is 0 Å². The monoisotopic (exact) mass is 540 g/mol. The highest BCUT2D eigenvalue weighted by atomic mass is 16.5. The minimum atomic E-state index is -0.162. The van der Waals surface area contributed by atoms with Crippen molar-refractivity contribution >= 4 is 23.2 Å². The maximum Gasteiger partial charge on any atom is 0.230 e. The van der Waals surface area contributed by atoms with Crippen LogP contribution < -0.4 is 20.3 Å². The van der Waals surface area contributed by atoms with Gasteiger partial charge in [0.15, 0.2) is 5.82 Å². The number of anilines is 3. The van der Waals surface area contributed by atoms with Gasteiger partial charge in [0.05, 0.1) is 31.4 Å². The van der Waals surface area contributed by atoms with Gasteiger partial charge in [-0.05, 0) is 55.3 Å². The molecule has 11 nitrogen and oxygen atoms in total. The molecule has 3 aliphatic rings. The third-order valence-electron chi connectivity index (χ3n) is 7.69. The van der Waals surface area contributed by atoms with Crippen molar-refractivity contribution in [2.75, 3.05) is 56.2 Å². The summed E-state index contributed by atoms with van der Waals surface area (Å²) in [4.78, 5) is 29.6. The Balaban J connectivity index is 1.12. The molecule has 2 N–H and O–H groups in total. The minimum Gasteiger partial charge on any atom is -0.487 e. The van der Waals surface area contributed by atoms with E-state index in [1.807, 2.05) is 12.1 Å². The number of piperidine rings is 1. The lowest BCUT2D eigenvalue weighted by molar-refractivity contribution is -0.123. The molecular formula is C29H32N8O3. The van der Waals surface area contributed by atoms with Crippen molar-refractivity contribution < 1.29 is 14.3 Å². The number of aryl methyl sites for hydroxylation is 1. The molecule has 3 aliphatic heterocycles. The van der Waals surface area contributed by atoms with Crippen LogP contribution in [0.2, 0.25) is 0 Å². The second kappa shape index (κ2) is 11.5. The summed E-state index contributed by atoms with van der Waals surface area (Å²) in [5, 5.41) is 15.8. The van der Waals surface area contributed by atoms with Crippen LogP contribution in [-0.2, 0) is 9.53 Å². The molecule has 40 heavy (non-hydrogen) atoms. The molecule has 206 valence electrons. The number of rotatable bonds is 7. The van der Waals surface area contributed by atoms with E-state index >= 15 is 0 Å². The van der Waals surface area contributed by atoms with E-state index in [2.05, 4.69) is 60.5 Å². The Bertz CT molecular complexity index is 1420. The van der Waals surface area contributed by atoms with Crippen molar-refractivity contribution in [1.29, 1.82) is 5.26 Å². The van der Waals surface area contributed by atoms with Crippen molar-refractivity contribution in [3.63, 3.8) is 0 Å². The fourth-order valence-corrected chi connectivity index (χ4v) is 5.32. The van der Waals surface area contributed by atoms with E-state index in [4.69, 9.17) is 9.47 Å². The highest BCUT2D eigenvalue weighted by Gasteiger charge is 2.29. The number of hydrogen-bond donors (Lipinski definition) is 2. The normalized spacial score (nSPS) is 19.9. The number of nitrogens with one attached hydrogen (secondary N) is 2. The second-order valence-electron chi connectivity index (χ2n) is 10.4. The van der Waals surface area contributed by atoms with Crippen LogP contribution in [0.15, 0.2) is 42.7 Å². The number of carbonyl (C=O) groups is 1. The van der Waals surface area contributed by atoms with Gasteiger partial charge < -0.3 is 25.0 Å². The van der Waals surface area contributed by atoms with Gasteiger partial charge in [0.2, 0.25) is 11.9 Å². The number of benzene rings is 2. The molecule has 2 aromatic carbocycles. The quantitative estimate of drug-likeness (QED) is 0.461. The number of aromatic nitrogens is 3. The molecule has 1 aromatic heterocycles. The van der Waals surface area contributed by atoms with Crippen LogP contribution in [0.5, 0.6) is 5.75 Å². The summed E-state index contributed by atoms with van der Waals surface area (Å²) in [6.45, 7) is 8.40. The van der Waals surface area contributed by atoms with Gasteiger partial charge in [0, 0.05) is 49.5 Å². The predicted octanol–water partition coefficient (Wildman–Crippen LogP) is 2.64. The molecule has 3 fully saturated rings. The van der Waals surface area contributed by atoms with Crippen molar-refractivity contribution in [1.82, 2.24) is 25.2 Å². The zero-order valence-corrected chi connectivity index (χ0v) is 22.5. The number of nitriles is 1. The lowest BCUT2D eigenvalue weighted by Gasteiger charge is -2.43. The molecule has 11 heteroatoms. The van der Waals surface area contributed by atoms with E-state index < -0.39 is 0 Å². The molecule has 0 spiro atoms. The van der Waals surface area contributed by atoms with E-state index in [-0.39, 0.29) is 12.0 Å². The SMILES string of the molecule is Cc1cc(Nc2ncnc(-c3ccc(OC4CCC(=O)NC4)c(C#N)c3)n2)ccc1N1CCN(C2COC2)CC1. The predicted molar refractivity (Wildman–Crippen MR) is 149 cm³/mol. The molecule has 0 bridgehead atoms. The number of ether oxygens (including phenoxy) is 2. The zero-order chi connectivity index (χ0) is 27.5. The topological polar surface area (TPSA) is 129 Å². The lowest BCUT2D eigenvalue weighted by Crippen LogP contribution is -2.56. The van der Waals surface area contributed by atoms with Crippen LogP contribution in [-0.4, -0.2) is 83.8 Å². The van der Waals surface area contributed by atoms with E-state index in [1.54, 1.807) is 12.1 Å². The van der Waals surface area contributed by atoms with Crippen LogP contribution in [0.25, 0.3) is 11.4 Å². The van der Waals surface area contributed by atoms with E-state index in [1.165, 1.54) is 17.6 Å². The van der Waals surface area contributed by atoms with Gasteiger partial charge in [-0.15, -0.1) is 0 Å². The number of carbonyl (C=O) groups excluding carboxylic acids is 1. The van der Waals surface area contributed by atoms with Crippen molar-refractivity contribution in [2.45, 2.75) is 31.9 Å². The first-order valence-electron chi connectivity index (χ1n) is 13.7. The molecule has 3 aromatic rings. The first-order chi connectivity index (χ1) is 19.6. The van der Waals surface area contributed by atoms with Gasteiger partial charge in [-0.3, -0.25) is 9.69 Å². The van der Waals surface area contributed by atoms with Crippen molar-refractivity contribution in [2.24, 2.45) is 0 Å². The fourth-order valence-electron chi connectivity index (χ4n) is 5.32. The first kappa shape index (κ1) is 26.0.